The van der Waals surface area contributed by atoms with E-state index in [2.05, 4.69) is 10.3 Å². The lowest BCUT2D eigenvalue weighted by atomic mass is 10.3. The molecule has 0 saturated carbocycles. The summed E-state index contributed by atoms with van der Waals surface area (Å²) in [6.45, 7) is 1.94. The summed E-state index contributed by atoms with van der Waals surface area (Å²) in [5.74, 6) is -0.348. The molecule has 0 aliphatic rings. The van der Waals surface area contributed by atoms with Crippen LogP contribution in [0.2, 0.25) is 0 Å². The molecule has 0 spiro atoms. The zero-order chi connectivity index (χ0) is 10.4. The summed E-state index contributed by atoms with van der Waals surface area (Å²) in [5, 5.41) is 2.89. The third-order valence-electron chi connectivity index (χ3n) is 1.84. The maximum atomic E-state index is 11.5. The number of rotatable bonds is 4. The molecule has 0 radical (unpaired) electrons. The maximum Gasteiger partial charge on any atom is 0.341 e. The van der Waals surface area contributed by atoms with Crippen LogP contribution in [0.1, 0.15) is 23.7 Å². The topological polar surface area (TPSA) is 51.2 Å². The first-order valence-corrected chi connectivity index (χ1v) is 4.56. The molecular formula is C10H14N2O2. The van der Waals surface area contributed by atoms with Gasteiger partial charge in [0.05, 0.1) is 5.56 Å². The maximum absolute atomic E-state index is 11.5. The summed E-state index contributed by atoms with van der Waals surface area (Å²) in [6, 6.07) is 3.38. The highest BCUT2D eigenvalue weighted by Crippen LogP contribution is 2.02. The molecule has 1 aromatic heterocycles. The summed E-state index contributed by atoms with van der Waals surface area (Å²) in [7, 11) is 1.75. The Hall–Kier alpha value is -1.42. The van der Waals surface area contributed by atoms with Crippen molar-refractivity contribution in [3.63, 3.8) is 0 Å². The molecule has 0 bridgehead atoms. The minimum Gasteiger partial charge on any atom is -0.443 e. The van der Waals surface area contributed by atoms with Gasteiger partial charge in [-0.3, -0.25) is 10.3 Å². The number of hydrogen-bond donors (Lipinski definition) is 1. The Morgan fingerprint density at radius 1 is 1.71 bits per heavy atom. The molecule has 1 atom stereocenters. The second-order valence-corrected chi connectivity index (χ2v) is 2.83. The first-order chi connectivity index (χ1) is 6.77. The predicted octanol–water partition coefficient (Wildman–Crippen LogP) is 1.19. The summed E-state index contributed by atoms with van der Waals surface area (Å²) < 4.78 is 5.14. The second-order valence-electron chi connectivity index (χ2n) is 2.83. The van der Waals surface area contributed by atoms with Gasteiger partial charge in [0.2, 0.25) is 0 Å². The number of carbonyl (C=O) groups is 1. The van der Waals surface area contributed by atoms with E-state index in [4.69, 9.17) is 4.74 Å². The average Bonchev–Trinajstić information content (AvgIpc) is 2.26. The zero-order valence-corrected chi connectivity index (χ0v) is 8.36. The fourth-order valence-corrected chi connectivity index (χ4v) is 1.03. The summed E-state index contributed by atoms with van der Waals surface area (Å²) in [5.41, 5.74) is 0.473. The van der Waals surface area contributed by atoms with Gasteiger partial charge in [0.1, 0.15) is 0 Å². The van der Waals surface area contributed by atoms with Crippen molar-refractivity contribution in [1.82, 2.24) is 10.3 Å². The van der Waals surface area contributed by atoms with Crippen molar-refractivity contribution in [2.24, 2.45) is 0 Å². The van der Waals surface area contributed by atoms with E-state index in [1.807, 2.05) is 6.92 Å². The van der Waals surface area contributed by atoms with Gasteiger partial charge in [0.25, 0.3) is 0 Å². The monoisotopic (exact) mass is 194 g/mol. The molecule has 14 heavy (non-hydrogen) atoms. The van der Waals surface area contributed by atoms with E-state index in [1.54, 1.807) is 25.4 Å². The summed E-state index contributed by atoms with van der Waals surface area (Å²) >= 11 is 0. The number of hydrogen-bond acceptors (Lipinski definition) is 4. The molecule has 1 heterocycles. The highest BCUT2D eigenvalue weighted by molar-refractivity contribution is 5.88. The van der Waals surface area contributed by atoms with Crippen molar-refractivity contribution >= 4 is 5.97 Å². The Labute approximate surface area is 83.3 Å². The van der Waals surface area contributed by atoms with Crippen molar-refractivity contribution in [2.75, 3.05) is 7.05 Å². The Morgan fingerprint density at radius 2 is 2.50 bits per heavy atom. The highest BCUT2D eigenvalue weighted by atomic mass is 16.6. The smallest absolute Gasteiger partial charge is 0.341 e. The minimum absolute atomic E-state index is 0.234. The molecule has 0 aromatic carbocycles. The first kappa shape index (κ1) is 10.7. The van der Waals surface area contributed by atoms with E-state index in [1.165, 1.54) is 6.20 Å². The van der Waals surface area contributed by atoms with E-state index in [0.29, 0.717) is 5.56 Å². The molecule has 76 valence electrons. The number of pyridine rings is 1. The van der Waals surface area contributed by atoms with Crippen molar-refractivity contribution in [3.8, 4) is 0 Å². The van der Waals surface area contributed by atoms with Gasteiger partial charge in [0, 0.05) is 12.4 Å². The molecule has 1 N–H and O–H groups in total. The van der Waals surface area contributed by atoms with Crippen molar-refractivity contribution < 1.29 is 9.53 Å². The third kappa shape index (κ3) is 2.81. The second kappa shape index (κ2) is 5.34. The molecule has 1 rings (SSSR count). The van der Waals surface area contributed by atoms with Crippen LogP contribution in [0, 0.1) is 0 Å². The fraction of sp³-hybridized carbons (Fsp3) is 0.400. The number of nitrogens with one attached hydrogen (secondary N) is 1. The van der Waals surface area contributed by atoms with Crippen molar-refractivity contribution in [1.29, 1.82) is 0 Å². The van der Waals surface area contributed by atoms with E-state index < -0.39 is 0 Å². The van der Waals surface area contributed by atoms with Gasteiger partial charge >= 0.3 is 5.97 Å². The lowest BCUT2D eigenvalue weighted by Crippen LogP contribution is -2.30. The van der Waals surface area contributed by atoms with Gasteiger partial charge in [-0.05, 0) is 25.6 Å². The van der Waals surface area contributed by atoms with Gasteiger partial charge in [-0.15, -0.1) is 0 Å². The summed E-state index contributed by atoms with van der Waals surface area (Å²) in [4.78, 5) is 15.3. The molecule has 0 aliphatic carbocycles. The van der Waals surface area contributed by atoms with Gasteiger partial charge < -0.3 is 4.74 Å². The molecule has 4 heteroatoms. The highest BCUT2D eigenvalue weighted by Gasteiger charge is 2.11. The quantitative estimate of drug-likeness (QED) is 0.578. The zero-order valence-electron chi connectivity index (χ0n) is 8.36. The predicted molar refractivity (Wildman–Crippen MR) is 52.8 cm³/mol. The first-order valence-electron chi connectivity index (χ1n) is 4.56. The van der Waals surface area contributed by atoms with E-state index >= 15 is 0 Å². The van der Waals surface area contributed by atoms with Crippen LogP contribution in [0.25, 0.3) is 0 Å². The standard InChI is InChI=1S/C10H14N2O2/c1-3-9(11-2)14-10(13)8-5-4-6-12-7-8/h4-7,9,11H,3H2,1-2H3. The third-order valence-corrected chi connectivity index (χ3v) is 1.84. The van der Waals surface area contributed by atoms with Gasteiger partial charge in [-0.25, -0.2) is 4.79 Å². The van der Waals surface area contributed by atoms with Gasteiger partial charge in [-0.2, -0.15) is 0 Å². The largest absolute Gasteiger partial charge is 0.443 e. The molecule has 0 fully saturated rings. The minimum atomic E-state index is -0.348. The molecule has 0 amide bonds. The molecule has 4 nitrogen and oxygen atoms in total. The van der Waals surface area contributed by atoms with Crippen LogP contribution >= 0.6 is 0 Å². The molecular weight excluding hydrogens is 180 g/mol. The lowest BCUT2D eigenvalue weighted by molar-refractivity contribution is 0.0226. The SMILES string of the molecule is CCC(NC)OC(=O)c1cccnc1. The van der Waals surface area contributed by atoms with Crippen LogP contribution in [0.15, 0.2) is 24.5 Å². The number of carbonyl (C=O) groups excluding carboxylic acids is 1. The van der Waals surface area contributed by atoms with Crippen LogP contribution < -0.4 is 5.32 Å². The normalized spacial score (nSPS) is 12.1. The fourth-order valence-electron chi connectivity index (χ4n) is 1.03. The Morgan fingerprint density at radius 3 is 3.00 bits per heavy atom. The van der Waals surface area contributed by atoms with Crippen molar-refractivity contribution in [2.45, 2.75) is 19.6 Å². The average molecular weight is 194 g/mol. The Bertz CT molecular complexity index is 283. The van der Waals surface area contributed by atoms with Gasteiger partial charge in [-0.1, -0.05) is 6.92 Å². The van der Waals surface area contributed by atoms with Gasteiger partial charge in [0.15, 0.2) is 6.23 Å². The molecule has 1 aromatic rings. The summed E-state index contributed by atoms with van der Waals surface area (Å²) in [6.07, 6.45) is 3.61. The number of nitrogens with zero attached hydrogens (tertiary/aromatic N) is 1. The molecule has 0 saturated heterocycles. The Balaban J connectivity index is 2.59. The number of aromatic nitrogens is 1. The Kier molecular flexibility index (Phi) is 4.07. The van der Waals surface area contributed by atoms with Crippen molar-refractivity contribution in [3.05, 3.63) is 30.1 Å². The number of esters is 1. The van der Waals surface area contributed by atoms with Crippen LogP contribution in [-0.2, 0) is 4.74 Å². The molecule has 0 aliphatic heterocycles. The van der Waals surface area contributed by atoms with Crippen LogP contribution in [-0.4, -0.2) is 24.2 Å². The van der Waals surface area contributed by atoms with E-state index in [-0.39, 0.29) is 12.2 Å². The van der Waals surface area contributed by atoms with E-state index in [0.717, 1.165) is 6.42 Å². The lowest BCUT2D eigenvalue weighted by Gasteiger charge is -2.14. The van der Waals surface area contributed by atoms with E-state index in [9.17, 15) is 4.79 Å². The number of ether oxygens (including phenoxy) is 1. The van der Waals surface area contributed by atoms with Crippen LogP contribution in [0.3, 0.4) is 0 Å². The molecule has 1 unspecified atom stereocenters. The van der Waals surface area contributed by atoms with Crippen LogP contribution in [0.5, 0.6) is 0 Å². The van der Waals surface area contributed by atoms with Crippen LogP contribution in [0.4, 0.5) is 0 Å².